The Labute approximate surface area is 214 Å². The standard InChI is InChI=1S/C24H24ClN5O3S2.H2/c1-17(30-10-8-18-2-3-19(25)16-22(18)30)23(31)29-13-11-28(12-14-29)20-4-6-21(7-5-20)35(32,33)27-24-26-9-15-34-24;/h2-10,15-17H,11-14H2,1H3,(H,26,27);1H/t17-;/m1./s1. The van der Waals surface area contributed by atoms with Crippen LogP contribution in [0.5, 0.6) is 0 Å². The third-order valence-electron chi connectivity index (χ3n) is 6.22. The van der Waals surface area contributed by atoms with Crippen molar-refractivity contribution >= 4 is 60.6 Å². The molecular weight excluding hydrogens is 506 g/mol. The molecule has 1 fully saturated rings. The van der Waals surface area contributed by atoms with Gasteiger partial charge in [-0.1, -0.05) is 17.7 Å². The van der Waals surface area contributed by atoms with E-state index in [9.17, 15) is 13.2 Å². The summed E-state index contributed by atoms with van der Waals surface area (Å²) in [5.41, 5.74) is 1.86. The normalized spacial score (nSPS) is 15.4. The van der Waals surface area contributed by atoms with Gasteiger partial charge in [0.15, 0.2) is 5.13 Å². The maximum absolute atomic E-state index is 13.2. The smallest absolute Gasteiger partial charge is 0.263 e. The van der Waals surface area contributed by atoms with E-state index < -0.39 is 10.0 Å². The highest BCUT2D eigenvalue weighted by atomic mass is 35.5. The van der Waals surface area contributed by atoms with Gasteiger partial charge in [-0.3, -0.25) is 9.52 Å². The van der Waals surface area contributed by atoms with Gasteiger partial charge < -0.3 is 14.4 Å². The first-order chi connectivity index (χ1) is 16.8. The number of thiazole rings is 1. The van der Waals surface area contributed by atoms with Crippen molar-refractivity contribution in [1.29, 1.82) is 0 Å². The van der Waals surface area contributed by atoms with Gasteiger partial charge in [0.25, 0.3) is 10.0 Å². The SMILES string of the molecule is C[C@H](C(=O)N1CCN(c2ccc(S(=O)(=O)Nc3nccs3)cc2)CC1)n1ccc2ccc(Cl)cc21.[HH]. The maximum atomic E-state index is 13.2. The number of fused-ring (bicyclic) bond motifs is 1. The lowest BCUT2D eigenvalue weighted by atomic mass is 10.2. The van der Waals surface area contributed by atoms with Crippen molar-refractivity contribution in [3.63, 3.8) is 0 Å². The van der Waals surface area contributed by atoms with Crippen LogP contribution in [0, 0.1) is 0 Å². The number of nitrogens with one attached hydrogen (secondary N) is 1. The van der Waals surface area contributed by atoms with Crippen LogP contribution in [0.3, 0.4) is 0 Å². The Morgan fingerprint density at radius 1 is 1.11 bits per heavy atom. The first-order valence-corrected chi connectivity index (χ1v) is 13.9. The largest absolute Gasteiger partial charge is 0.368 e. The van der Waals surface area contributed by atoms with Gasteiger partial charge in [-0.15, -0.1) is 11.3 Å². The molecule has 0 aliphatic carbocycles. The van der Waals surface area contributed by atoms with E-state index in [0.717, 1.165) is 16.6 Å². The summed E-state index contributed by atoms with van der Waals surface area (Å²) in [6.07, 6.45) is 3.48. The molecular formula is C24H26ClN5O3S2. The number of carbonyl (C=O) groups is 1. The van der Waals surface area contributed by atoms with Crippen LogP contribution in [-0.2, 0) is 14.8 Å². The van der Waals surface area contributed by atoms with E-state index in [1.807, 2.05) is 46.9 Å². The van der Waals surface area contributed by atoms with Crippen LogP contribution in [0.25, 0.3) is 10.9 Å². The number of aromatic nitrogens is 2. The summed E-state index contributed by atoms with van der Waals surface area (Å²) >= 11 is 7.39. The first-order valence-electron chi connectivity index (χ1n) is 11.1. The molecule has 2 aromatic carbocycles. The van der Waals surface area contributed by atoms with Gasteiger partial charge in [0.2, 0.25) is 5.91 Å². The van der Waals surface area contributed by atoms with Crippen molar-refractivity contribution in [3.05, 3.63) is 71.3 Å². The lowest BCUT2D eigenvalue weighted by molar-refractivity contribution is -0.134. The van der Waals surface area contributed by atoms with Crippen LogP contribution in [-0.4, -0.2) is 55.0 Å². The fraction of sp³-hybridized carbons (Fsp3) is 0.250. The minimum atomic E-state index is -3.68. The Kier molecular flexibility index (Phi) is 6.43. The van der Waals surface area contributed by atoms with Crippen LogP contribution in [0.4, 0.5) is 10.8 Å². The Morgan fingerprint density at radius 3 is 2.54 bits per heavy atom. The molecule has 35 heavy (non-hydrogen) atoms. The second kappa shape index (κ2) is 9.52. The summed E-state index contributed by atoms with van der Waals surface area (Å²) in [6, 6.07) is 14.1. The summed E-state index contributed by atoms with van der Waals surface area (Å²) in [5, 5.41) is 3.73. The van der Waals surface area contributed by atoms with Crippen LogP contribution in [0.1, 0.15) is 14.4 Å². The molecule has 3 heterocycles. The molecule has 2 aromatic heterocycles. The number of piperazine rings is 1. The number of rotatable bonds is 6. The van der Waals surface area contributed by atoms with E-state index in [0.29, 0.717) is 36.3 Å². The number of halogens is 1. The average molecular weight is 532 g/mol. The van der Waals surface area contributed by atoms with Gasteiger partial charge >= 0.3 is 0 Å². The number of hydrogen-bond acceptors (Lipinski definition) is 6. The van der Waals surface area contributed by atoms with Crippen molar-refractivity contribution in [3.8, 4) is 0 Å². The molecule has 0 spiro atoms. The van der Waals surface area contributed by atoms with Gasteiger partial charge in [-0.25, -0.2) is 13.4 Å². The van der Waals surface area contributed by atoms with Gasteiger partial charge in [-0.2, -0.15) is 0 Å². The quantitative estimate of drug-likeness (QED) is 0.389. The highest BCUT2D eigenvalue weighted by molar-refractivity contribution is 7.93. The number of hydrogen-bond donors (Lipinski definition) is 1. The second-order valence-electron chi connectivity index (χ2n) is 8.35. The molecule has 1 atom stereocenters. The second-order valence-corrected chi connectivity index (χ2v) is 11.4. The van der Waals surface area contributed by atoms with E-state index in [2.05, 4.69) is 14.6 Å². The molecule has 1 aliphatic heterocycles. The molecule has 8 nitrogen and oxygen atoms in total. The summed E-state index contributed by atoms with van der Waals surface area (Å²) in [4.78, 5) is 21.4. The summed E-state index contributed by atoms with van der Waals surface area (Å²) in [6.45, 7) is 4.43. The molecule has 0 unspecified atom stereocenters. The van der Waals surface area contributed by atoms with Gasteiger partial charge in [0.1, 0.15) is 6.04 Å². The monoisotopic (exact) mass is 531 g/mol. The molecule has 184 valence electrons. The number of anilines is 2. The van der Waals surface area contributed by atoms with Crippen LogP contribution in [0.15, 0.2) is 71.2 Å². The molecule has 11 heteroatoms. The fourth-order valence-corrected chi connectivity index (χ4v) is 6.27. The molecule has 1 N–H and O–H groups in total. The molecule has 1 aliphatic rings. The molecule has 0 radical (unpaired) electrons. The zero-order valence-corrected chi connectivity index (χ0v) is 21.4. The molecule has 4 aromatic rings. The van der Waals surface area contributed by atoms with Crippen molar-refractivity contribution in [2.75, 3.05) is 35.8 Å². The summed E-state index contributed by atoms with van der Waals surface area (Å²) in [7, 11) is -3.68. The zero-order chi connectivity index (χ0) is 24.6. The van der Waals surface area contributed by atoms with E-state index in [1.165, 1.54) is 11.3 Å². The van der Waals surface area contributed by atoms with E-state index in [4.69, 9.17) is 11.6 Å². The van der Waals surface area contributed by atoms with Crippen molar-refractivity contribution in [1.82, 2.24) is 14.5 Å². The van der Waals surface area contributed by atoms with E-state index in [-0.39, 0.29) is 18.3 Å². The van der Waals surface area contributed by atoms with E-state index >= 15 is 0 Å². The predicted octanol–water partition coefficient (Wildman–Crippen LogP) is 4.71. The highest BCUT2D eigenvalue weighted by Crippen LogP contribution is 2.26. The highest BCUT2D eigenvalue weighted by Gasteiger charge is 2.27. The number of nitrogens with zero attached hydrogens (tertiary/aromatic N) is 4. The Bertz CT molecular complexity index is 1450. The molecule has 1 saturated heterocycles. The lowest BCUT2D eigenvalue weighted by Gasteiger charge is -2.37. The van der Waals surface area contributed by atoms with Gasteiger partial charge in [0.05, 0.1) is 10.4 Å². The number of carbonyl (C=O) groups excluding carboxylic acids is 1. The number of amides is 1. The number of benzene rings is 2. The van der Waals surface area contributed by atoms with Crippen molar-refractivity contribution in [2.45, 2.75) is 17.9 Å². The van der Waals surface area contributed by atoms with Crippen molar-refractivity contribution in [2.24, 2.45) is 0 Å². The number of sulfonamides is 1. The average Bonchev–Trinajstić information content (AvgIpc) is 3.52. The van der Waals surface area contributed by atoms with Gasteiger partial charge in [0, 0.05) is 56.1 Å². The van der Waals surface area contributed by atoms with E-state index in [1.54, 1.807) is 35.8 Å². The predicted molar refractivity (Wildman–Crippen MR) is 142 cm³/mol. The maximum Gasteiger partial charge on any atom is 0.263 e. The Balaban J connectivity index is 0.00000304. The zero-order valence-electron chi connectivity index (χ0n) is 19.0. The van der Waals surface area contributed by atoms with Crippen LogP contribution >= 0.6 is 22.9 Å². The fourth-order valence-electron chi connectivity index (χ4n) is 4.31. The third-order valence-corrected chi connectivity index (χ3v) is 8.63. The molecule has 1 amide bonds. The third kappa shape index (κ3) is 4.86. The van der Waals surface area contributed by atoms with Gasteiger partial charge in [-0.05, 0) is 54.8 Å². The first kappa shape index (κ1) is 23.7. The Morgan fingerprint density at radius 2 is 1.86 bits per heavy atom. The molecule has 5 rings (SSSR count). The molecule has 0 saturated carbocycles. The minimum Gasteiger partial charge on any atom is -0.368 e. The Hall–Kier alpha value is -3.08. The van der Waals surface area contributed by atoms with Crippen LogP contribution in [0.2, 0.25) is 5.02 Å². The summed E-state index contributed by atoms with van der Waals surface area (Å²) < 4.78 is 29.6. The van der Waals surface area contributed by atoms with Crippen molar-refractivity contribution < 1.29 is 14.6 Å². The lowest BCUT2D eigenvalue weighted by Crippen LogP contribution is -2.50. The topological polar surface area (TPSA) is 87.5 Å². The summed E-state index contributed by atoms with van der Waals surface area (Å²) in [5.74, 6) is 0.0665. The van der Waals surface area contributed by atoms with Crippen LogP contribution < -0.4 is 9.62 Å². The minimum absolute atomic E-state index is 0. The molecule has 0 bridgehead atoms.